The molecule has 0 heterocycles. The molecule has 0 N–H and O–H groups in total. The summed E-state index contributed by atoms with van der Waals surface area (Å²) < 4.78 is 0. The smallest absolute Gasteiger partial charge is 0.0656 e. The van der Waals surface area contributed by atoms with Crippen LogP contribution in [0.15, 0.2) is 0 Å². The lowest BCUT2D eigenvalue weighted by molar-refractivity contribution is 0.159. The van der Waals surface area contributed by atoms with Crippen LogP contribution in [0.4, 0.5) is 0 Å². The van der Waals surface area contributed by atoms with Crippen molar-refractivity contribution in [2.45, 2.75) is 40.0 Å². The van der Waals surface area contributed by atoms with E-state index < -0.39 is 0 Å². The molecule has 0 aromatic heterocycles. The van der Waals surface area contributed by atoms with Gasteiger partial charge in [0.25, 0.3) is 0 Å². The number of hydrogen-bond acceptors (Lipinski definition) is 1. The van der Waals surface area contributed by atoms with E-state index in [1.807, 2.05) is 0 Å². The largest absolute Gasteiger partial charge is 0.198 e. The fourth-order valence-corrected chi connectivity index (χ4v) is 2.44. The van der Waals surface area contributed by atoms with Crippen molar-refractivity contribution in [2.24, 2.45) is 17.3 Å². The van der Waals surface area contributed by atoms with Crippen LogP contribution in [-0.4, -0.2) is 0 Å². The second-order valence-corrected chi connectivity index (χ2v) is 4.74. The van der Waals surface area contributed by atoms with Gasteiger partial charge in [-0.05, 0) is 30.6 Å². The van der Waals surface area contributed by atoms with Gasteiger partial charge in [-0.25, -0.2) is 0 Å². The lowest BCUT2D eigenvalue weighted by Gasteiger charge is -2.36. The third kappa shape index (κ3) is 2.22. The van der Waals surface area contributed by atoms with Crippen LogP contribution in [0.25, 0.3) is 0 Å². The molecule has 62 valence electrons. The highest BCUT2D eigenvalue weighted by molar-refractivity contribution is 4.92. The summed E-state index contributed by atoms with van der Waals surface area (Å²) >= 11 is 0. The molecule has 1 nitrogen and oxygen atoms in total. The molecule has 0 saturated heterocycles. The zero-order valence-electron chi connectivity index (χ0n) is 7.72. The van der Waals surface area contributed by atoms with E-state index in [4.69, 9.17) is 5.26 Å². The van der Waals surface area contributed by atoms with Gasteiger partial charge in [0.2, 0.25) is 0 Å². The molecule has 1 rings (SSSR count). The van der Waals surface area contributed by atoms with Crippen LogP contribution in [0.3, 0.4) is 0 Å². The van der Waals surface area contributed by atoms with Gasteiger partial charge in [0, 0.05) is 5.92 Å². The first-order valence-corrected chi connectivity index (χ1v) is 4.43. The molecule has 1 aliphatic carbocycles. The molecule has 0 aliphatic heterocycles. The van der Waals surface area contributed by atoms with Gasteiger partial charge in [-0.15, -0.1) is 0 Å². The summed E-state index contributed by atoms with van der Waals surface area (Å²) in [6.07, 6.45) is 3.49. The molecule has 0 bridgehead atoms. The van der Waals surface area contributed by atoms with Crippen LogP contribution in [0.1, 0.15) is 40.0 Å². The molecule has 0 spiro atoms. The number of nitriles is 1. The van der Waals surface area contributed by atoms with Gasteiger partial charge in [0.1, 0.15) is 0 Å². The van der Waals surface area contributed by atoms with Crippen molar-refractivity contribution in [3.05, 3.63) is 0 Å². The van der Waals surface area contributed by atoms with Crippen molar-refractivity contribution >= 4 is 0 Å². The van der Waals surface area contributed by atoms with Crippen molar-refractivity contribution in [3.63, 3.8) is 0 Å². The minimum Gasteiger partial charge on any atom is -0.198 e. The van der Waals surface area contributed by atoms with E-state index in [1.165, 1.54) is 6.42 Å². The van der Waals surface area contributed by atoms with Crippen molar-refractivity contribution in [1.82, 2.24) is 0 Å². The highest BCUT2D eigenvalue weighted by atomic mass is 14.4. The predicted molar refractivity (Wildman–Crippen MR) is 45.9 cm³/mol. The predicted octanol–water partition coefficient (Wildman–Crippen LogP) is 2.97. The molecule has 0 amide bonds. The van der Waals surface area contributed by atoms with Crippen LogP contribution in [0.5, 0.6) is 0 Å². The van der Waals surface area contributed by atoms with E-state index in [2.05, 4.69) is 26.8 Å². The van der Waals surface area contributed by atoms with Gasteiger partial charge in [-0.1, -0.05) is 20.8 Å². The first-order valence-electron chi connectivity index (χ1n) is 4.43. The zero-order chi connectivity index (χ0) is 8.48. The normalized spacial score (nSPS) is 36.2. The van der Waals surface area contributed by atoms with Crippen LogP contribution in [0.2, 0.25) is 0 Å². The fraction of sp³-hybridized carbons (Fsp3) is 0.900. The van der Waals surface area contributed by atoms with Crippen molar-refractivity contribution < 1.29 is 0 Å². The standard InChI is InChI=1S/C10H17N/c1-8-4-9(7-11)6-10(2,3)5-8/h8-9H,4-6H2,1-3H3. The second-order valence-electron chi connectivity index (χ2n) is 4.74. The average molecular weight is 151 g/mol. The highest BCUT2D eigenvalue weighted by Crippen LogP contribution is 2.41. The topological polar surface area (TPSA) is 23.8 Å². The van der Waals surface area contributed by atoms with Gasteiger partial charge in [-0.2, -0.15) is 5.26 Å². The van der Waals surface area contributed by atoms with E-state index in [1.54, 1.807) is 0 Å². The fourth-order valence-electron chi connectivity index (χ4n) is 2.44. The van der Waals surface area contributed by atoms with E-state index in [9.17, 15) is 0 Å². The van der Waals surface area contributed by atoms with Crippen molar-refractivity contribution in [1.29, 1.82) is 5.26 Å². The summed E-state index contributed by atoms with van der Waals surface area (Å²) in [6, 6.07) is 2.39. The third-order valence-electron chi connectivity index (χ3n) is 2.57. The first-order chi connectivity index (χ1) is 5.03. The van der Waals surface area contributed by atoms with Gasteiger partial charge in [0.15, 0.2) is 0 Å². The Morgan fingerprint density at radius 2 is 2.00 bits per heavy atom. The monoisotopic (exact) mass is 151 g/mol. The summed E-state index contributed by atoms with van der Waals surface area (Å²) in [5.41, 5.74) is 0.401. The maximum Gasteiger partial charge on any atom is 0.0656 e. The maximum atomic E-state index is 8.79. The summed E-state index contributed by atoms with van der Waals surface area (Å²) in [7, 11) is 0. The Kier molecular flexibility index (Phi) is 2.23. The Labute approximate surface area is 69.4 Å². The minimum atomic E-state index is 0.314. The molecule has 1 fully saturated rings. The Bertz CT molecular complexity index is 176. The highest BCUT2D eigenvalue weighted by Gasteiger charge is 2.31. The Hall–Kier alpha value is -0.510. The van der Waals surface area contributed by atoms with E-state index in [-0.39, 0.29) is 0 Å². The Morgan fingerprint density at radius 3 is 2.45 bits per heavy atom. The van der Waals surface area contributed by atoms with E-state index in [0.29, 0.717) is 11.3 Å². The molecular weight excluding hydrogens is 134 g/mol. The molecule has 11 heavy (non-hydrogen) atoms. The summed E-state index contributed by atoms with van der Waals surface area (Å²) in [5, 5.41) is 8.79. The molecular formula is C10H17N. The van der Waals surface area contributed by atoms with Gasteiger partial charge >= 0.3 is 0 Å². The van der Waals surface area contributed by atoms with Gasteiger partial charge in [0.05, 0.1) is 6.07 Å². The van der Waals surface area contributed by atoms with Gasteiger partial charge in [-0.3, -0.25) is 0 Å². The molecule has 2 unspecified atom stereocenters. The van der Waals surface area contributed by atoms with Gasteiger partial charge < -0.3 is 0 Å². The molecule has 0 aromatic rings. The van der Waals surface area contributed by atoms with Crippen LogP contribution in [0, 0.1) is 28.6 Å². The van der Waals surface area contributed by atoms with Crippen molar-refractivity contribution in [2.75, 3.05) is 0 Å². The number of rotatable bonds is 0. The lowest BCUT2D eigenvalue weighted by atomic mass is 9.68. The number of hydrogen-bond donors (Lipinski definition) is 0. The first kappa shape index (κ1) is 8.59. The number of nitrogens with zero attached hydrogens (tertiary/aromatic N) is 1. The average Bonchev–Trinajstić information content (AvgIpc) is 1.83. The van der Waals surface area contributed by atoms with Crippen LogP contribution in [-0.2, 0) is 0 Å². The van der Waals surface area contributed by atoms with E-state index in [0.717, 1.165) is 18.8 Å². The molecule has 0 radical (unpaired) electrons. The summed E-state index contributed by atoms with van der Waals surface area (Å²) in [6.45, 7) is 6.80. The molecule has 1 aliphatic rings. The van der Waals surface area contributed by atoms with Crippen molar-refractivity contribution in [3.8, 4) is 6.07 Å². The molecule has 0 aromatic carbocycles. The van der Waals surface area contributed by atoms with Crippen LogP contribution < -0.4 is 0 Å². The van der Waals surface area contributed by atoms with E-state index >= 15 is 0 Å². The maximum absolute atomic E-state index is 8.79. The molecule has 1 saturated carbocycles. The van der Waals surface area contributed by atoms with Crippen LogP contribution >= 0.6 is 0 Å². The zero-order valence-corrected chi connectivity index (χ0v) is 7.72. The Balaban J connectivity index is 2.60. The lowest BCUT2D eigenvalue weighted by Crippen LogP contribution is -2.26. The summed E-state index contributed by atoms with van der Waals surface area (Å²) in [5.74, 6) is 1.05. The summed E-state index contributed by atoms with van der Waals surface area (Å²) in [4.78, 5) is 0. The minimum absolute atomic E-state index is 0.314. The second kappa shape index (κ2) is 2.85. The Morgan fingerprint density at radius 1 is 1.36 bits per heavy atom. The quantitative estimate of drug-likeness (QED) is 0.522. The molecule has 2 atom stereocenters. The third-order valence-corrected chi connectivity index (χ3v) is 2.57. The molecule has 1 heteroatoms. The SMILES string of the molecule is CC1CC(C#N)CC(C)(C)C1.